The Hall–Kier alpha value is -1.77. The van der Waals surface area contributed by atoms with Crippen molar-refractivity contribution in [1.82, 2.24) is 0 Å². The lowest BCUT2D eigenvalue weighted by Crippen LogP contribution is -1.93. The van der Waals surface area contributed by atoms with Crippen molar-refractivity contribution in [2.24, 2.45) is 0 Å². The minimum Gasteiger partial charge on any atom is -0.506 e. The SMILES string of the molecule is O=C(/C=C/c1ccc(Cl)cc1)c1ccc(O)c(Cl)c1. The lowest BCUT2D eigenvalue weighted by Gasteiger charge is -1.99. The van der Waals surface area contributed by atoms with E-state index in [1.807, 2.05) is 12.1 Å². The molecule has 0 aromatic heterocycles. The number of halogens is 2. The molecule has 2 aromatic rings. The first-order chi connectivity index (χ1) is 9.06. The predicted molar refractivity (Wildman–Crippen MR) is 77.9 cm³/mol. The van der Waals surface area contributed by atoms with Gasteiger partial charge in [-0.3, -0.25) is 4.79 Å². The van der Waals surface area contributed by atoms with Crippen molar-refractivity contribution >= 4 is 35.1 Å². The second-order valence-corrected chi connectivity index (χ2v) is 4.76. The minimum absolute atomic E-state index is 0.0418. The minimum atomic E-state index is -0.183. The Morgan fingerprint density at radius 2 is 1.74 bits per heavy atom. The number of aromatic hydroxyl groups is 1. The second kappa shape index (κ2) is 5.91. The van der Waals surface area contributed by atoms with Crippen LogP contribution in [0.25, 0.3) is 6.08 Å². The number of benzene rings is 2. The first-order valence-electron chi connectivity index (χ1n) is 5.53. The molecule has 2 nitrogen and oxygen atoms in total. The molecule has 0 amide bonds. The third kappa shape index (κ3) is 3.60. The number of phenolic OH excluding ortho intramolecular Hbond substituents is 1. The zero-order valence-corrected chi connectivity index (χ0v) is 11.3. The molecule has 1 N–H and O–H groups in total. The van der Waals surface area contributed by atoms with Gasteiger partial charge < -0.3 is 5.11 Å². The van der Waals surface area contributed by atoms with Gasteiger partial charge >= 0.3 is 0 Å². The van der Waals surface area contributed by atoms with E-state index in [1.54, 1.807) is 18.2 Å². The summed E-state index contributed by atoms with van der Waals surface area (Å²) >= 11 is 11.5. The van der Waals surface area contributed by atoms with Crippen molar-refractivity contribution in [2.75, 3.05) is 0 Å². The smallest absolute Gasteiger partial charge is 0.185 e. The number of ketones is 1. The average molecular weight is 293 g/mol. The highest BCUT2D eigenvalue weighted by Crippen LogP contribution is 2.24. The molecule has 19 heavy (non-hydrogen) atoms. The van der Waals surface area contributed by atoms with Crippen molar-refractivity contribution in [2.45, 2.75) is 0 Å². The van der Waals surface area contributed by atoms with Crippen molar-refractivity contribution in [3.8, 4) is 5.75 Å². The summed E-state index contributed by atoms with van der Waals surface area (Å²) in [7, 11) is 0. The quantitative estimate of drug-likeness (QED) is 0.663. The van der Waals surface area contributed by atoms with Crippen LogP contribution in [0.1, 0.15) is 15.9 Å². The normalized spacial score (nSPS) is 10.8. The number of hydrogen-bond acceptors (Lipinski definition) is 2. The molecule has 0 aliphatic carbocycles. The van der Waals surface area contributed by atoms with Crippen LogP contribution in [0.3, 0.4) is 0 Å². The maximum atomic E-state index is 11.9. The van der Waals surface area contributed by atoms with Crippen molar-refractivity contribution < 1.29 is 9.90 Å². The zero-order valence-electron chi connectivity index (χ0n) is 9.81. The van der Waals surface area contributed by atoms with Crippen LogP contribution in [-0.2, 0) is 0 Å². The molecule has 0 saturated carbocycles. The van der Waals surface area contributed by atoms with Gasteiger partial charge in [-0.15, -0.1) is 0 Å². The molecular weight excluding hydrogens is 283 g/mol. The van der Waals surface area contributed by atoms with Gasteiger partial charge in [0.05, 0.1) is 5.02 Å². The highest BCUT2D eigenvalue weighted by molar-refractivity contribution is 6.32. The maximum Gasteiger partial charge on any atom is 0.185 e. The van der Waals surface area contributed by atoms with Crippen LogP contribution in [0.2, 0.25) is 10.0 Å². The third-order valence-corrected chi connectivity index (χ3v) is 3.08. The standard InChI is InChI=1S/C15H10Cl2O2/c16-12-5-1-10(2-6-12)3-7-14(18)11-4-8-15(19)13(17)9-11/h1-9,19H/b7-3+. The molecular formula is C15H10Cl2O2. The van der Waals surface area contributed by atoms with Gasteiger partial charge in [-0.2, -0.15) is 0 Å². The average Bonchev–Trinajstić information content (AvgIpc) is 2.41. The molecule has 0 heterocycles. The molecule has 0 aliphatic heterocycles. The molecule has 0 saturated heterocycles. The summed E-state index contributed by atoms with van der Waals surface area (Å²) in [6, 6.07) is 11.5. The summed E-state index contributed by atoms with van der Waals surface area (Å²) in [4.78, 5) is 11.9. The highest BCUT2D eigenvalue weighted by Gasteiger charge is 2.05. The topological polar surface area (TPSA) is 37.3 Å². The molecule has 0 unspecified atom stereocenters. The van der Waals surface area contributed by atoms with E-state index in [4.69, 9.17) is 23.2 Å². The second-order valence-electron chi connectivity index (χ2n) is 3.92. The van der Waals surface area contributed by atoms with Gasteiger partial charge in [-0.25, -0.2) is 0 Å². The van der Waals surface area contributed by atoms with Gasteiger partial charge in [0.15, 0.2) is 5.78 Å². The van der Waals surface area contributed by atoms with Crippen molar-refractivity contribution in [3.05, 3.63) is 69.7 Å². The fraction of sp³-hybridized carbons (Fsp3) is 0. The Labute approximate surface area is 120 Å². The summed E-state index contributed by atoms with van der Waals surface area (Å²) in [5.41, 5.74) is 1.30. The van der Waals surface area contributed by atoms with Crippen molar-refractivity contribution in [3.63, 3.8) is 0 Å². The van der Waals surface area contributed by atoms with Crippen LogP contribution < -0.4 is 0 Å². The lowest BCUT2D eigenvalue weighted by molar-refractivity contribution is 0.104. The van der Waals surface area contributed by atoms with Crippen LogP contribution in [0.15, 0.2) is 48.5 Å². The number of carbonyl (C=O) groups is 1. The van der Waals surface area contributed by atoms with Gasteiger partial charge in [0.2, 0.25) is 0 Å². The fourth-order valence-electron chi connectivity index (χ4n) is 1.50. The van der Waals surface area contributed by atoms with E-state index in [0.29, 0.717) is 10.6 Å². The predicted octanol–water partition coefficient (Wildman–Crippen LogP) is 4.60. The summed E-state index contributed by atoms with van der Waals surface area (Å²) in [5.74, 6) is -0.225. The Morgan fingerprint density at radius 3 is 2.37 bits per heavy atom. The van der Waals surface area contributed by atoms with Crippen LogP contribution >= 0.6 is 23.2 Å². The van der Waals surface area contributed by atoms with Gasteiger partial charge in [0.1, 0.15) is 5.75 Å². The van der Waals surface area contributed by atoms with E-state index in [1.165, 1.54) is 24.3 Å². The van der Waals surface area contributed by atoms with Gasteiger partial charge in [-0.1, -0.05) is 41.4 Å². The van der Waals surface area contributed by atoms with Crippen LogP contribution in [-0.4, -0.2) is 10.9 Å². The monoisotopic (exact) mass is 292 g/mol. The molecule has 0 aliphatic rings. The molecule has 96 valence electrons. The Balaban J connectivity index is 2.16. The number of hydrogen-bond donors (Lipinski definition) is 1. The molecule has 2 rings (SSSR count). The molecule has 0 spiro atoms. The third-order valence-electron chi connectivity index (χ3n) is 2.53. The van der Waals surface area contributed by atoms with Gasteiger partial charge in [-0.05, 0) is 42.0 Å². The van der Waals surface area contributed by atoms with Gasteiger partial charge in [0, 0.05) is 10.6 Å². The van der Waals surface area contributed by atoms with Crippen LogP contribution in [0.4, 0.5) is 0 Å². The Morgan fingerprint density at radius 1 is 1.05 bits per heavy atom. The first kappa shape index (κ1) is 13.7. The zero-order chi connectivity index (χ0) is 13.8. The van der Waals surface area contributed by atoms with E-state index < -0.39 is 0 Å². The van der Waals surface area contributed by atoms with E-state index in [2.05, 4.69) is 0 Å². The summed E-state index contributed by atoms with van der Waals surface area (Å²) < 4.78 is 0. The summed E-state index contributed by atoms with van der Waals surface area (Å²) in [5, 5.41) is 10.1. The number of rotatable bonds is 3. The molecule has 4 heteroatoms. The largest absolute Gasteiger partial charge is 0.506 e. The first-order valence-corrected chi connectivity index (χ1v) is 6.28. The van der Waals surface area contributed by atoms with Crippen LogP contribution in [0.5, 0.6) is 5.75 Å². The molecule has 0 fully saturated rings. The molecule has 2 aromatic carbocycles. The summed E-state index contributed by atoms with van der Waals surface area (Å²) in [6.45, 7) is 0. The Bertz CT molecular complexity index is 631. The highest BCUT2D eigenvalue weighted by atomic mass is 35.5. The van der Waals surface area contributed by atoms with Crippen LogP contribution in [0, 0.1) is 0 Å². The van der Waals surface area contributed by atoms with E-state index >= 15 is 0 Å². The Kier molecular flexibility index (Phi) is 4.25. The fourth-order valence-corrected chi connectivity index (χ4v) is 1.81. The van der Waals surface area contributed by atoms with E-state index in [-0.39, 0.29) is 16.6 Å². The van der Waals surface area contributed by atoms with E-state index in [9.17, 15) is 9.90 Å². The van der Waals surface area contributed by atoms with Crippen molar-refractivity contribution in [1.29, 1.82) is 0 Å². The van der Waals surface area contributed by atoms with Gasteiger partial charge in [0.25, 0.3) is 0 Å². The molecule has 0 atom stereocenters. The lowest BCUT2D eigenvalue weighted by atomic mass is 10.1. The maximum absolute atomic E-state index is 11.9. The van der Waals surface area contributed by atoms with E-state index in [0.717, 1.165) is 5.56 Å². The molecule has 0 bridgehead atoms. The summed E-state index contributed by atoms with van der Waals surface area (Å²) in [6.07, 6.45) is 3.14. The molecule has 0 radical (unpaired) electrons. The number of carbonyl (C=O) groups excluding carboxylic acids is 1. The number of allylic oxidation sites excluding steroid dienone is 1. The number of phenols is 1.